The SMILES string of the molecule is CC[C@H](C)N(Cc1cccnc1)Cc1cccc(Oc2ncccn2)c1. The van der Waals surface area contributed by atoms with Gasteiger partial charge in [0.1, 0.15) is 5.75 Å². The minimum Gasteiger partial charge on any atom is -0.424 e. The lowest BCUT2D eigenvalue weighted by molar-refractivity contribution is 0.186. The van der Waals surface area contributed by atoms with Crippen molar-refractivity contribution in [3.05, 3.63) is 78.4 Å². The lowest BCUT2D eigenvalue weighted by Gasteiger charge is -2.28. The highest BCUT2D eigenvalue weighted by Gasteiger charge is 2.14. The first-order chi connectivity index (χ1) is 12.7. The van der Waals surface area contributed by atoms with E-state index in [0.717, 1.165) is 25.3 Å². The van der Waals surface area contributed by atoms with Gasteiger partial charge < -0.3 is 4.74 Å². The van der Waals surface area contributed by atoms with E-state index in [1.807, 2.05) is 30.6 Å². The number of pyridine rings is 1. The zero-order chi connectivity index (χ0) is 18.2. The first-order valence-electron chi connectivity index (χ1n) is 8.91. The van der Waals surface area contributed by atoms with Gasteiger partial charge in [0, 0.05) is 43.9 Å². The third kappa shape index (κ3) is 5.10. The summed E-state index contributed by atoms with van der Waals surface area (Å²) in [7, 11) is 0. The molecule has 0 saturated heterocycles. The largest absolute Gasteiger partial charge is 0.424 e. The molecule has 0 unspecified atom stereocenters. The number of ether oxygens (including phenoxy) is 1. The van der Waals surface area contributed by atoms with Crippen LogP contribution < -0.4 is 4.74 Å². The molecule has 3 rings (SSSR count). The first-order valence-corrected chi connectivity index (χ1v) is 8.91. The zero-order valence-electron chi connectivity index (χ0n) is 15.2. The molecule has 0 amide bonds. The van der Waals surface area contributed by atoms with E-state index < -0.39 is 0 Å². The molecule has 0 bridgehead atoms. The van der Waals surface area contributed by atoms with Crippen molar-refractivity contribution in [1.29, 1.82) is 0 Å². The summed E-state index contributed by atoms with van der Waals surface area (Å²) in [5, 5.41) is 0. The number of hydrogen-bond acceptors (Lipinski definition) is 5. The summed E-state index contributed by atoms with van der Waals surface area (Å²) in [6.07, 6.45) is 8.18. The molecule has 1 atom stereocenters. The fourth-order valence-corrected chi connectivity index (χ4v) is 2.74. The molecule has 0 aliphatic carbocycles. The monoisotopic (exact) mass is 348 g/mol. The fourth-order valence-electron chi connectivity index (χ4n) is 2.74. The lowest BCUT2D eigenvalue weighted by Crippen LogP contribution is -2.31. The van der Waals surface area contributed by atoms with Crippen molar-refractivity contribution in [2.24, 2.45) is 0 Å². The zero-order valence-corrected chi connectivity index (χ0v) is 15.2. The molecule has 0 aliphatic heterocycles. The number of aromatic nitrogens is 3. The third-order valence-electron chi connectivity index (χ3n) is 4.36. The van der Waals surface area contributed by atoms with Gasteiger partial charge in [-0.25, -0.2) is 9.97 Å². The molecule has 26 heavy (non-hydrogen) atoms. The van der Waals surface area contributed by atoms with Crippen LogP contribution in [0, 0.1) is 0 Å². The Labute approximate surface area is 154 Å². The van der Waals surface area contributed by atoms with E-state index in [-0.39, 0.29) is 0 Å². The van der Waals surface area contributed by atoms with Crippen LogP contribution in [-0.2, 0) is 13.1 Å². The van der Waals surface area contributed by atoms with Crippen LogP contribution in [0.1, 0.15) is 31.4 Å². The van der Waals surface area contributed by atoms with Crippen molar-refractivity contribution >= 4 is 0 Å². The van der Waals surface area contributed by atoms with Gasteiger partial charge >= 0.3 is 6.01 Å². The van der Waals surface area contributed by atoms with Crippen molar-refractivity contribution in [2.75, 3.05) is 0 Å². The average molecular weight is 348 g/mol. The quantitative estimate of drug-likeness (QED) is 0.601. The molecule has 0 spiro atoms. The second-order valence-electron chi connectivity index (χ2n) is 6.30. The Morgan fingerprint density at radius 1 is 0.962 bits per heavy atom. The van der Waals surface area contributed by atoms with E-state index in [2.05, 4.69) is 51.9 Å². The van der Waals surface area contributed by atoms with Crippen molar-refractivity contribution in [3.8, 4) is 11.8 Å². The van der Waals surface area contributed by atoms with E-state index in [1.54, 1.807) is 18.5 Å². The van der Waals surface area contributed by atoms with Crippen LogP contribution in [0.15, 0.2) is 67.3 Å². The standard InChI is InChI=1S/C21H24N4O/c1-3-17(2)25(16-19-8-5-10-22-14-19)15-18-7-4-9-20(13-18)26-21-23-11-6-12-24-21/h4-14,17H,3,15-16H2,1-2H3/t17-/m0/s1. The topological polar surface area (TPSA) is 51.1 Å². The summed E-state index contributed by atoms with van der Waals surface area (Å²) in [6.45, 7) is 6.19. The minimum atomic E-state index is 0.360. The fraction of sp³-hybridized carbons (Fsp3) is 0.286. The molecule has 2 aromatic heterocycles. The number of benzene rings is 1. The molecule has 134 valence electrons. The van der Waals surface area contributed by atoms with Gasteiger partial charge in [-0.1, -0.05) is 25.1 Å². The van der Waals surface area contributed by atoms with E-state index in [9.17, 15) is 0 Å². The van der Waals surface area contributed by atoms with Crippen LogP contribution in [0.4, 0.5) is 0 Å². The molecule has 3 aromatic rings. The highest BCUT2D eigenvalue weighted by atomic mass is 16.5. The second-order valence-corrected chi connectivity index (χ2v) is 6.30. The molecule has 0 radical (unpaired) electrons. The Morgan fingerprint density at radius 2 is 1.73 bits per heavy atom. The highest BCUT2D eigenvalue weighted by Crippen LogP contribution is 2.21. The van der Waals surface area contributed by atoms with Crippen molar-refractivity contribution in [1.82, 2.24) is 19.9 Å². The summed E-state index contributed by atoms with van der Waals surface area (Å²) in [6, 6.07) is 14.8. The summed E-state index contributed by atoms with van der Waals surface area (Å²) < 4.78 is 5.75. The predicted molar refractivity (Wildman–Crippen MR) is 102 cm³/mol. The van der Waals surface area contributed by atoms with E-state index in [4.69, 9.17) is 4.74 Å². The molecule has 2 heterocycles. The van der Waals surface area contributed by atoms with Gasteiger partial charge in [0.25, 0.3) is 0 Å². The Balaban J connectivity index is 1.73. The summed E-state index contributed by atoms with van der Waals surface area (Å²) in [5.74, 6) is 0.749. The van der Waals surface area contributed by atoms with Gasteiger partial charge in [-0.05, 0) is 48.7 Å². The van der Waals surface area contributed by atoms with Gasteiger partial charge in [0.05, 0.1) is 0 Å². The Bertz CT molecular complexity index is 795. The molecule has 0 fully saturated rings. The molecule has 5 nitrogen and oxygen atoms in total. The molecule has 0 N–H and O–H groups in total. The maximum Gasteiger partial charge on any atom is 0.321 e. The second kappa shape index (κ2) is 9.06. The van der Waals surface area contributed by atoms with Crippen molar-refractivity contribution in [2.45, 2.75) is 39.4 Å². The van der Waals surface area contributed by atoms with Gasteiger partial charge in [-0.2, -0.15) is 0 Å². The van der Waals surface area contributed by atoms with Crippen LogP contribution in [0.3, 0.4) is 0 Å². The maximum absolute atomic E-state index is 5.75. The molecule has 0 saturated carbocycles. The van der Waals surface area contributed by atoms with Crippen LogP contribution in [0.25, 0.3) is 0 Å². The van der Waals surface area contributed by atoms with Crippen LogP contribution in [0.5, 0.6) is 11.8 Å². The molecular weight excluding hydrogens is 324 g/mol. The van der Waals surface area contributed by atoms with Crippen LogP contribution in [0.2, 0.25) is 0 Å². The summed E-state index contributed by atoms with van der Waals surface area (Å²) in [4.78, 5) is 14.9. The Morgan fingerprint density at radius 3 is 2.46 bits per heavy atom. The average Bonchev–Trinajstić information content (AvgIpc) is 2.69. The molecule has 1 aromatic carbocycles. The lowest BCUT2D eigenvalue weighted by atomic mass is 10.1. The first kappa shape index (κ1) is 18.0. The normalized spacial score (nSPS) is 12.1. The number of hydrogen-bond donors (Lipinski definition) is 0. The Hall–Kier alpha value is -2.79. The molecule has 5 heteroatoms. The van der Waals surface area contributed by atoms with Crippen LogP contribution in [-0.4, -0.2) is 25.9 Å². The van der Waals surface area contributed by atoms with E-state index >= 15 is 0 Å². The smallest absolute Gasteiger partial charge is 0.321 e. The van der Waals surface area contributed by atoms with E-state index in [1.165, 1.54) is 11.1 Å². The van der Waals surface area contributed by atoms with Gasteiger partial charge in [-0.15, -0.1) is 0 Å². The number of rotatable bonds is 8. The molecule has 0 aliphatic rings. The van der Waals surface area contributed by atoms with Crippen molar-refractivity contribution < 1.29 is 4.74 Å². The minimum absolute atomic E-state index is 0.360. The Kier molecular flexibility index (Phi) is 6.28. The highest BCUT2D eigenvalue weighted by molar-refractivity contribution is 5.30. The number of nitrogens with zero attached hydrogens (tertiary/aromatic N) is 4. The summed E-state index contributed by atoms with van der Waals surface area (Å²) in [5.41, 5.74) is 2.42. The predicted octanol–water partition coefficient (Wildman–Crippen LogP) is 4.46. The third-order valence-corrected chi connectivity index (χ3v) is 4.36. The van der Waals surface area contributed by atoms with E-state index in [0.29, 0.717) is 12.1 Å². The van der Waals surface area contributed by atoms with Gasteiger partial charge in [0.2, 0.25) is 0 Å². The molecular formula is C21H24N4O. The van der Waals surface area contributed by atoms with Gasteiger partial charge in [0.15, 0.2) is 0 Å². The maximum atomic E-state index is 5.75. The van der Waals surface area contributed by atoms with Gasteiger partial charge in [-0.3, -0.25) is 9.88 Å². The van der Waals surface area contributed by atoms with Crippen LogP contribution >= 0.6 is 0 Å². The van der Waals surface area contributed by atoms with Crippen molar-refractivity contribution in [3.63, 3.8) is 0 Å². The summed E-state index contributed by atoms with van der Waals surface area (Å²) >= 11 is 0.